The van der Waals surface area contributed by atoms with Gasteiger partial charge < -0.3 is 0 Å². The number of imidazole rings is 1. The van der Waals surface area contributed by atoms with Gasteiger partial charge >= 0.3 is 0 Å². The maximum absolute atomic E-state index is 5.13. The third-order valence-corrected chi connectivity index (χ3v) is 5.87. The topological polar surface area (TPSA) is 30.2 Å². The predicted molar refractivity (Wildman–Crippen MR) is 127 cm³/mol. The Hall–Kier alpha value is -2.94. The first-order valence-corrected chi connectivity index (χ1v) is 11.0. The van der Waals surface area contributed by atoms with Crippen LogP contribution in [0.5, 0.6) is 0 Å². The molecule has 5 aromatic rings. The minimum atomic E-state index is 0.581. The number of aryl methyl sites for hydroxylation is 1. The second kappa shape index (κ2) is 7.09. The second-order valence-electron chi connectivity index (χ2n) is 9.46. The fourth-order valence-corrected chi connectivity index (χ4v) is 4.74. The standard InChI is InChI=1S/C27H29N3/c1-16(2)12-19-10-11-22-24(15-19)30-23-9-7-6-8-21(23)26-25(27(30)29-22)18(5)14-20(28-26)13-17(3)4/h6-11,14-17H,12-13H2,1-5H3. The second-order valence-corrected chi connectivity index (χ2v) is 9.46. The number of hydrogen-bond donors (Lipinski definition) is 0. The number of hydrogen-bond acceptors (Lipinski definition) is 2. The predicted octanol–water partition coefficient (Wildman–Crippen LogP) is 6.89. The molecular formula is C27H29N3. The van der Waals surface area contributed by atoms with E-state index in [1.807, 2.05) is 0 Å². The molecule has 3 nitrogen and oxygen atoms in total. The summed E-state index contributed by atoms with van der Waals surface area (Å²) < 4.78 is 2.34. The Balaban J connectivity index is 1.93. The summed E-state index contributed by atoms with van der Waals surface area (Å²) in [5.41, 5.74) is 9.29. The fourth-order valence-electron chi connectivity index (χ4n) is 4.74. The fraction of sp³-hybridized carbons (Fsp3) is 0.333. The molecule has 0 amide bonds. The molecule has 0 radical (unpaired) electrons. The van der Waals surface area contributed by atoms with Crippen LogP contribution in [0.2, 0.25) is 0 Å². The quantitative estimate of drug-likeness (QED) is 0.310. The third-order valence-electron chi connectivity index (χ3n) is 5.87. The molecule has 0 aliphatic heterocycles. The smallest absolute Gasteiger partial charge is 0.148 e. The lowest BCUT2D eigenvalue weighted by atomic mass is 10.0. The molecule has 0 fully saturated rings. The van der Waals surface area contributed by atoms with Crippen LogP contribution in [-0.2, 0) is 12.8 Å². The number of benzene rings is 2. The first kappa shape index (κ1) is 19.0. The van der Waals surface area contributed by atoms with Crippen molar-refractivity contribution in [1.82, 2.24) is 14.4 Å². The van der Waals surface area contributed by atoms with Crippen molar-refractivity contribution in [2.45, 2.75) is 47.5 Å². The Morgan fingerprint density at radius 2 is 1.60 bits per heavy atom. The molecule has 152 valence electrons. The van der Waals surface area contributed by atoms with Gasteiger partial charge in [0, 0.05) is 16.5 Å². The van der Waals surface area contributed by atoms with Gasteiger partial charge in [-0.05, 0) is 67.0 Å². The SMILES string of the molecule is Cc1cc(CC(C)C)nc2c3ccccc3n3c4cc(CC(C)C)ccc4nc3c12. The van der Waals surface area contributed by atoms with Crippen LogP contribution in [-0.4, -0.2) is 14.4 Å². The highest BCUT2D eigenvalue weighted by Crippen LogP contribution is 2.34. The number of fused-ring (bicyclic) bond motifs is 8. The lowest BCUT2D eigenvalue weighted by molar-refractivity contribution is 0.637. The number of para-hydroxylation sites is 1. The zero-order valence-corrected chi connectivity index (χ0v) is 18.5. The van der Waals surface area contributed by atoms with Gasteiger partial charge in [0.05, 0.1) is 22.1 Å². The number of nitrogens with zero attached hydrogens (tertiary/aromatic N) is 3. The van der Waals surface area contributed by atoms with Gasteiger partial charge in [-0.15, -0.1) is 0 Å². The molecular weight excluding hydrogens is 366 g/mol. The van der Waals surface area contributed by atoms with Crippen LogP contribution < -0.4 is 0 Å². The van der Waals surface area contributed by atoms with Crippen LogP contribution in [0.25, 0.3) is 38.5 Å². The minimum Gasteiger partial charge on any atom is -0.292 e. The number of pyridine rings is 2. The summed E-state index contributed by atoms with van der Waals surface area (Å²) in [6, 6.07) is 17.6. The summed E-state index contributed by atoms with van der Waals surface area (Å²) in [5, 5.41) is 2.37. The highest BCUT2D eigenvalue weighted by Gasteiger charge is 2.17. The first-order chi connectivity index (χ1) is 14.4. The van der Waals surface area contributed by atoms with Crippen LogP contribution in [0.3, 0.4) is 0 Å². The van der Waals surface area contributed by atoms with Crippen molar-refractivity contribution >= 4 is 38.5 Å². The normalized spacial score (nSPS) is 12.4. The molecule has 0 spiro atoms. The largest absolute Gasteiger partial charge is 0.292 e. The molecule has 0 bridgehead atoms. The zero-order chi connectivity index (χ0) is 21.0. The molecule has 3 heteroatoms. The van der Waals surface area contributed by atoms with Gasteiger partial charge in [0.15, 0.2) is 0 Å². The molecule has 0 saturated heterocycles. The van der Waals surface area contributed by atoms with Crippen molar-refractivity contribution in [3.8, 4) is 0 Å². The van der Waals surface area contributed by atoms with Crippen molar-refractivity contribution < 1.29 is 0 Å². The Kier molecular flexibility index (Phi) is 4.50. The molecule has 3 heterocycles. The average molecular weight is 396 g/mol. The van der Waals surface area contributed by atoms with E-state index in [9.17, 15) is 0 Å². The van der Waals surface area contributed by atoms with Gasteiger partial charge in [0.25, 0.3) is 0 Å². The lowest BCUT2D eigenvalue weighted by Crippen LogP contribution is -2.01. The summed E-state index contributed by atoms with van der Waals surface area (Å²) in [6.45, 7) is 11.2. The summed E-state index contributed by atoms with van der Waals surface area (Å²) in [7, 11) is 0. The van der Waals surface area contributed by atoms with Gasteiger partial charge in [-0.3, -0.25) is 9.38 Å². The maximum atomic E-state index is 5.13. The zero-order valence-electron chi connectivity index (χ0n) is 18.5. The van der Waals surface area contributed by atoms with E-state index in [4.69, 9.17) is 9.97 Å². The van der Waals surface area contributed by atoms with Gasteiger partial charge in [-0.1, -0.05) is 52.0 Å². The number of aromatic nitrogens is 3. The summed E-state index contributed by atoms with van der Waals surface area (Å²) >= 11 is 0. The summed E-state index contributed by atoms with van der Waals surface area (Å²) in [5.74, 6) is 1.21. The average Bonchev–Trinajstić information content (AvgIpc) is 3.05. The Bertz CT molecular complexity index is 1410. The van der Waals surface area contributed by atoms with E-state index in [0.717, 1.165) is 29.5 Å². The van der Waals surface area contributed by atoms with Crippen LogP contribution >= 0.6 is 0 Å². The third kappa shape index (κ3) is 3.04. The summed E-state index contributed by atoms with van der Waals surface area (Å²) in [6.07, 6.45) is 2.07. The Morgan fingerprint density at radius 3 is 2.37 bits per heavy atom. The van der Waals surface area contributed by atoms with Gasteiger partial charge in [0.2, 0.25) is 0 Å². The van der Waals surface area contributed by atoms with E-state index in [0.29, 0.717) is 11.8 Å². The van der Waals surface area contributed by atoms with Gasteiger partial charge in [-0.2, -0.15) is 0 Å². The molecule has 0 atom stereocenters. The highest BCUT2D eigenvalue weighted by molar-refractivity contribution is 6.13. The monoisotopic (exact) mass is 395 g/mol. The lowest BCUT2D eigenvalue weighted by Gasteiger charge is -2.13. The van der Waals surface area contributed by atoms with Crippen molar-refractivity contribution in [3.05, 3.63) is 65.4 Å². The molecule has 0 N–H and O–H groups in total. The Morgan fingerprint density at radius 1 is 0.833 bits per heavy atom. The van der Waals surface area contributed by atoms with Crippen molar-refractivity contribution in [3.63, 3.8) is 0 Å². The van der Waals surface area contributed by atoms with Crippen LogP contribution in [0, 0.1) is 18.8 Å². The molecule has 0 saturated carbocycles. The molecule has 5 rings (SSSR count). The molecule has 0 unspecified atom stereocenters. The van der Waals surface area contributed by atoms with Gasteiger partial charge in [0.1, 0.15) is 5.65 Å². The van der Waals surface area contributed by atoms with Crippen LogP contribution in [0.1, 0.15) is 44.5 Å². The van der Waals surface area contributed by atoms with Crippen molar-refractivity contribution in [2.75, 3.05) is 0 Å². The molecule has 0 aliphatic carbocycles. The summed E-state index contributed by atoms with van der Waals surface area (Å²) in [4.78, 5) is 10.2. The molecule has 2 aromatic carbocycles. The van der Waals surface area contributed by atoms with E-state index in [1.165, 1.54) is 38.6 Å². The molecule has 3 aromatic heterocycles. The van der Waals surface area contributed by atoms with E-state index in [-0.39, 0.29) is 0 Å². The van der Waals surface area contributed by atoms with Crippen molar-refractivity contribution in [1.29, 1.82) is 0 Å². The minimum absolute atomic E-state index is 0.581. The van der Waals surface area contributed by atoms with Crippen LogP contribution in [0.4, 0.5) is 0 Å². The molecule has 0 aliphatic rings. The van der Waals surface area contributed by atoms with E-state index >= 15 is 0 Å². The Labute approximate surface area is 177 Å². The van der Waals surface area contributed by atoms with Gasteiger partial charge in [-0.25, -0.2) is 4.98 Å². The number of rotatable bonds is 4. The van der Waals surface area contributed by atoms with E-state index < -0.39 is 0 Å². The highest BCUT2D eigenvalue weighted by atomic mass is 15.0. The van der Waals surface area contributed by atoms with Crippen LogP contribution in [0.15, 0.2) is 48.5 Å². The van der Waals surface area contributed by atoms with Crippen molar-refractivity contribution in [2.24, 2.45) is 11.8 Å². The first-order valence-electron chi connectivity index (χ1n) is 11.0. The van der Waals surface area contributed by atoms with E-state index in [1.54, 1.807) is 0 Å². The molecule has 30 heavy (non-hydrogen) atoms. The maximum Gasteiger partial charge on any atom is 0.148 e. The van der Waals surface area contributed by atoms with E-state index in [2.05, 4.69) is 87.6 Å².